The largest absolute Gasteiger partial charge is 0.289 e. The third-order valence-corrected chi connectivity index (χ3v) is 3.15. The summed E-state index contributed by atoms with van der Waals surface area (Å²) in [6.07, 6.45) is 6.97. The molecule has 0 radical (unpaired) electrons. The van der Waals surface area contributed by atoms with Gasteiger partial charge in [0.25, 0.3) is 0 Å². The van der Waals surface area contributed by atoms with Crippen molar-refractivity contribution in [2.45, 2.75) is 0 Å². The maximum Gasteiger partial charge on any atom is 0.185 e. The fourth-order valence-corrected chi connectivity index (χ4v) is 2.07. The van der Waals surface area contributed by atoms with Gasteiger partial charge in [0.15, 0.2) is 5.78 Å². The first-order valence-corrected chi connectivity index (χ1v) is 6.44. The Hall–Kier alpha value is -2.74. The van der Waals surface area contributed by atoms with Crippen molar-refractivity contribution in [1.29, 1.82) is 0 Å². The lowest BCUT2D eigenvalue weighted by Gasteiger charge is -2.00. The summed E-state index contributed by atoms with van der Waals surface area (Å²) in [5, 5.41) is 2.06. The van der Waals surface area contributed by atoms with Gasteiger partial charge < -0.3 is 0 Å². The number of allylic oxidation sites excluding steroid dienone is 1. The van der Waals surface area contributed by atoms with Crippen LogP contribution in [0.25, 0.3) is 16.8 Å². The van der Waals surface area contributed by atoms with Crippen LogP contribution in [-0.4, -0.2) is 10.8 Å². The molecule has 0 saturated heterocycles. The van der Waals surface area contributed by atoms with Gasteiger partial charge in [0, 0.05) is 23.3 Å². The maximum atomic E-state index is 12.2. The van der Waals surface area contributed by atoms with Crippen LogP contribution >= 0.6 is 0 Å². The number of rotatable bonds is 3. The highest BCUT2D eigenvalue weighted by Gasteiger charge is 2.02. The van der Waals surface area contributed by atoms with Gasteiger partial charge in [0.05, 0.1) is 0 Å². The van der Waals surface area contributed by atoms with Crippen molar-refractivity contribution in [3.63, 3.8) is 0 Å². The van der Waals surface area contributed by atoms with E-state index in [0.29, 0.717) is 5.56 Å². The predicted octanol–water partition coefficient (Wildman–Crippen LogP) is 4.13. The lowest BCUT2D eigenvalue weighted by atomic mass is 10.1. The number of ketones is 1. The summed E-state index contributed by atoms with van der Waals surface area (Å²) in [6.45, 7) is 0. The van der Waals surface area contributed by atoms with Crippen molar-refractivity contribution in [3.05, 3.63) is 84.2 Å². The molecular weight excluding hydrogens is 246 g/mol. The van der Waals surface area contributed by atoms with E-state index in [4.69, 9.17) is 0 Å². The molecule has 0 aliphatic rings. The van der Waals surface area contributed by atoms with Crippen molar-refractivity contribution in [2.24, 2.45) is 0 Å². The number of pyridine rings is 1. The molecule has 3 aromatic rings. The predicted molar refractivity (Wildman–Crippen MR) is 81.5 cm³/mol. The van der Waals surface area contributed by atoms with E-state index < -0.39 is 0 Å². The minimum atomic E-state index is 0.00700. The average molecular weight is 259 g/mol. The van der Waals surface area contributed by atoms with Crippen LogP contribution in [0.5, 0.6) is 0 Å². The van der Waals surface area contributed by atoms with Crippen LogP contribution in [0, 0.1) is 0 Å². The molecule has 0 amide bonds. The number of carbonyl (C=O) groups is 1. The molecule has 3 rings (SSSR count). The molecule has 0 N–H and O–H groups in total. The second kappa shape index (κ2) is 5.49. The Kier molecular flexibility index (Phi) is 3.38. The molecule has 2 aromatic carbocycles. The summed E-state index contributed by atoms with van der Waals surface area (Å²) in [5.41, 5.74) is 1.71. The second-order valence-corrected chi connectivity index (χ2v) is 4.55. The zero-order chi connectivity index (χ0) is 13.8. The molecule has 1 aromatic heterocycles. The van der Waals surface area contributed by atoms with Gasteiger partial charge in [-0.25, -0.2) is 0 Å². The molecule has 0 atom stereocenters. The molecule has 0 aliphatic carbocycles. The third kappa shape index (κ3) is 2.64. The van der Waals surface area contributed by atoms with Gasteiger partial charge in [-0.2, -0.15) is 0 Å². The molecule has 0 unspecified atom stereocenters. The third-order valence-electron chi connectivity index (χ3n) is 3.15. The molecule has 0 fully saturated rings. The quantitative estimate of drug-likeness (QED) is 0.523. The van der Waals surface area contributed by atoms with E-state index in [0.717, 1.165) is 16.3 Å². The summed E-state index contributed by atoms with van der Waals surface area (Å²) in [4.78, 5) is 16.2. The van der Waals surface area contributed by atoms with Gasteiger partial charge in [-0.3, -0.25) is 9.78 Å². The molecule has 20 heavy (non-hydrogen) atoms. The zero-order valence-corrected chi connectivity index (χ0v) is 10.9. The van der Waals surface area contributed by atoms with Crippen LogP contribution in [0.3, 0.4) is 0 Å². The van der Waals surface area contributed by atoms with E-state index in [2.05, 4.69) is 4.98 Å². The van der Waals surface area contributed by atoms with Crippen molar-refractivity contribution in [1.82, 2.24) is 4.98 Å². The van der Waals surface area contributed by atoms with Crippen LogP contribution in [0.1, 0.15) is 15.9 Å². The summed E-state index contributed by atoms with van der Waals surface area (Å²) in [5.74, 6) is 0.00700. The lowest BCUT2D eigenvalue weighted by molar-refractivity contribution is 0.104. The molecule has 0 spiro atoms. The Morgan fingerprint density at radius 1 is 0.950 bits per heavy atom. The molecule has 96 valence electrons. The number of hydrogen-bond acceptors (Lipinski definition) is 2. The Morgan fingerprint density at radius 3 is 2.65 bits per heavy atom. The Labute approximate surface area is 117 Å². The molecule has 1 heterocycles. The first-order chi connectivity index (χ1) is 9.83. The van der Waals surface area contributed by atoms with E-state index in [1.807, 2.05) is 60.7 Å². The summed E-state index contributed by atoms with van der Waals surface area (Å²) in [7, 11) is 0. The van der Waals surface area contributed by atoms with Crippen LogP contribution < -0.4 is 0 Å². The summed E-state index contributed by atoms with van der Waals surface area (Å²) < 4.78 is 0. The second-order valence-electron chi connectivity index (χ2n) is 4.55. The van der Waals surface area contributed by atoms with Gasteiger partial charge in [-0.15, -0.1) is 0 Å². The van der Waals surface area contributed by atoms with Crippen molar-refractivity contribution in [2.75, 3.05) is 0 Å². The molecule has 2 nitrogen and oxygen atoms in total. The highest BCUT2D eigenvalue weighted by Crippen LogP contribution is 2.15. The minimum absolute atomic E-state index is 0.00700. The van der Waals surface area contributed by atoms with E-state index in [1.165, 1.54) is 0 Å². The maximum absolute atomic E-state index is 12.2. The van der Waals surface area contributed by atoms with Gasteiger partial charge >= 0.3 is 0 Å². The topological polar surface area (TPSA) is 30.0 Å². The standard InChI is InChI=1S/C18H13NO/c20-18(9-6-14-4-2-1-3-5-14)16-7-8-17-13-19-11-10-15(17)12-16/h1-13H/b9-6+. The van der Waals surface area contributed by atoms with Gasteiger partial charge in [0.1, 0.15) is 0 Å². The molecular formula is C18H13NO. The molecule has 2 heteroatoms. The highest BCUT2D eigenvalue weighted by atomic mass is 16.1. The van der Waals surface area contributed by atoms with E-state index in [9.17, 15) is 4.79 Å². The molecule has 0 aliphatic heterocycles. The number of fused-ring (bicyclic) bond motifs is 1. The molecule has 0 saturated carbocycles. The fourth-order valence-electron chi connectivity index (χ4n) is 2.07. The Morgan fingerprint density at radius 2 is 1.80 bits per heavy atom. The summed E-state index contributed by atoms with van der Waals surface area (Å²) >= 11 is 0. The first-order valence-electron chi connectivity index (χ1n) is 6.44. The van der Waals surface area contributed by atoms with Gasteiger partial charge in [-0.1, -0.05) is 48.5 Å². The van der Waals surface area contributed by atoms with Gasteiger partial charge in [-0.05, 0) is 29.2 Å². The highest BCUT2D eigenvalue weighted by molar-refractivity contribution is 6.08. The normalized spacial score (nSPS) is 11.0. The molecule has 0 bridgehead atoms. The monoisotopic (exact) mass is 259 g/mol. The van der Waals surface area contributed by atoms with Crippen molar-refractivity contribution in [3.8, 4) is 0 Å². The smallest absolute Gasteiger partial charge is 0.185 e. The van der Waals surface area contributed by atoms with E-state index >= 15 is 0 Å². The lowest BCUT2D eigenvalue weighted by Crippen LogP contribution is -1.93. The summed E-state index contributed by atoms with van der Waals surface area (Å²) in [6, 6.07) is 17.4. The first kappa shape index (κ1) is 12.3. The van der Waals surface area contributed by atoms with Crippen molar-refractivity contribution >= 4 is 22.6 Å². The fraction of sp³-hybridized carbons (Fsp3) is 0. The van der Waals surface area contributed by atoms with Crippen LogP contribution in [0.2, 0.25) is 0 Å². The zero-order valence-electron chi connectivity index (χ0n) is 10.9. The number of aromatic nitrogens is 1. The number of carbonyl (C=O) groups excluding carboxylic acids is 1. The van der Waals surface area contributed by atoms with Crippen LogP contribution in [0.15, 0.2) is 73.1 Å². The SMILES string of the molecule is O=C(/C=C/c1ccccc1)c1ccc2cnccc2c1. The number of hydrogen-bond donors (Lipinski definition) is 0. The van der Waals surface area contributed by atoms with Crippen molar-refractivity contribution < 1.29 is 4.79 Å². The Bertz CT molecular complexity index is 776. The van der Waals surface area contributed by atoms with Gasteiger partial charge in [0.2, 0.25) is 0 Å². The van der Waals surface area contributed by atoms with Crippen LogP contribution in [0.4, 0.5) is 0 Å². The number of benzene rings is 2. The minimum Gasteiger partial charge on any atom is -0.289 e. The van der Waals surface area contributed by atoms with E-state index in [1.54, 1.807) is 18.5 Å². The average Bonchev–Trinajstić information content (AvgIpc) is 2.53. The van der Waals surface area contributed by atoms with E-state index in [-0.39, 0.29) is 5.78 Å². The Balaban J connectivity index is 1.87. The number of nitrogens with zero attached hydrogens (tertiary/aromatic N) is 1. The van der Waals surface area contributed by atoms with Crippen LogP contribution in [-0.2, 0) is 0 Å².